The third kappa shape index (κ3) is 4.59. The van der Waals surface area contributed by atoms with Gasteiger partial charge in [-0.2, -0.15) is 0 Å². The van der Waals surface area contributed by atoms with Crippen molar-refractivity contribution in [2.24, 2.45) is 0 Å². The monoisotopic (exact) mass is 288 g/mol. The molecule has 1 fully saturated rings. The minimum atomic E-state index is -0.0785. The molecule has 2 rings (SSSR count). The fraction of sp³-hybridized carbons (Fsp3) is 0.529. The van der Waals surface area contributed by atoms with Gasteiger partial charge in [-0.15, -0.1) is 0 Å². The average Bonchev–Trinajstić information content (AvgIpc) is 2.63. The van der Waals surface area contributed by atoms with E-state index in [1.165, 1.54) is 11.1 Å². The highest BCUT2D eigenvalue weighted by molar-refractivity contribution is 5.84. The van der Waals surface area contributed by atoms with E-state index in [0.717, 1.165) is 24.8 Å². The molecule has 1 heterocycles. The van der Waals surface area contributed by atoms with E-state index in [-0.39, 0.29) is 18.4 Å². The highest BCUT2D eigenvalue weighted by Gasteiger charge is 2.18. The van der Waals surface area contributed by atoms with Gasteiger partial charge in [-0.1, -0.05) is 30.2 Å². The number of nitrogens with zero attached hydrogens (tertiary/aromatic N) is 1. The minimum Gasteiger partial charge on any atom is -0.350 e. The van der Waals surface area contributed by atoms with E-state index in [1.54, 1.807) is 4.90 Å². The second-order valence-corrected chi connectivity index (χ2v) is 5.83. The van der Waals surface area contributed by atoms with Crippen LogP contribution in [0, 0.1) is 13.8 Å². The van der Waals surface area contributed by atoms with E-state index in [9.17, 15) is 9.59 Å². The van der Waals surface area contributed by atoms with Crippen LogP contribution >= 0.6 is 0 Å². The first-order valence-electron chi connectivity index (χ1n) is 7.67. The van der Waals surface area contributed by atoms with Crippen LogP contribution in [0.5, 0.6) is 0 Å². The molecule has 4 heteroatoms. The maximum absolute atomic E-state index is 12.0. The van der Waals surface area contributed by atoms with Gasteiger partial charge in [0.15, 0.2) is 0 Å². The zero-order chi connectivity index (χ0) is 15.2. The van der Waals surface area contributed by atoms with Gasteiger partial charge in [-0.3, -0.25) is 9.59 Å². The SMILES string of the molecule is Cc1ccc(CNC(=O)CN2CCCCCC2=O)c(C)c1. The first-order valence-corrected chi connectivity index (χ1v) is 7.67. The van der Waals surface area contributed by atoms with Crippen molar-refractivity contribution in [2.75, 3.05) is 13.1 Å². The Morgan fingerprint density at radius 1 is 1.24 bits per heavy atom. The number of benzene rings is 1. The van der Waals surface area contributed by atoms with Crippen molar-refractivity contribution in [3.05, 3.63) is 34.9 Å². The molecule has 0 unspecified atom stereocenters. The molecule has 0 atom stereocenters. The molecule has 0 spiro atoms. The first-order chi connectivity index (χ1) is 10.1. The molecule has 1 aromatic rings. The molecule has 0 aliphatic carbocycles. The molecule has 1 N–H and O–H groups in total. The molecule has 4 nitrogen and oxygen atoms in total. The molecule has 0 radical (unpaired) electrons. The third-order valence-electron chi connectivity index (χ3n) is 3.98. The van der Waals surface area contributed by atoms with Crippen molar-refractivity contribution in [3.63, 3.8) is 0 Å². The van der Waals surface area contributed by atoms with Crippen LogP contribution in [-0.4, -0.2) is 29.8 Å². The summed E-state index contributed by atoms with van der Waals surface area (Å²) in [6, 6.07) is 6.20. The Morgan fingerprint density at radius 2 is 2.05 bits per heavy atom. The summed E-state index contributed by atoms with van der Waals surface area (Å²) in [7, 11) is 0. The van der Waals surface area contributed by atoms with E-state index in [2.05, 4.69) is 18.3 Å². The van der Waals surface area contributed by atoms with Gasteiger partial charge in [0.05, 0.1) is 6.54 Å². The summed E-state index contributed by atoms with van der Waals surface area (Å²) in [4.78, 5) is 25.6. The quantitative estimate of drug-likeness (QED) is 0.924. The number of amides is 2. The number of hydrogen-bond acceptors (Lipinski definition) is 2. The van der Waals surface area contributed by atoms with E-state index in [4.69, 9.17) is 0 Å². The molecule has 1 aromatic carbocycles. The van der Waals surface area contributed by atoms with Crippen molar-refractivity contribution in [1.29, 1.82) is 0 Å². The molecule has 114 valence electrons. The summed E-state index contributed by atoms with van der Waals surface area (Å²) in [5.41, 5.74) is 3.52. The van der Waals surface area contributed by atoms with Crippen molar-refractivity contribution < 1.29 is 9.59 Å². The fourth-order valence-corrected chi connectivity index (χ4v) is 2.67. The molecule has 0 bridgehead atoms. The van der Waals surface area contributed by atoms with Gasteiger partial charge >= 0.3 is 0 Å². The van der Waals surface area contributed by atoms with Gasteiger partial charge in [0.1, 0.15) is 0 Å². The van der Waals surface area contributed by atoms with Crippen molar-refractivity contribution >= 4 is 11.8 Å². The molecule has 1 aliphatic rings. The molecule has 2 amide bonds. The number of nitrogens with one attached hydrogen (secondary N) is 1. The Bertz CT molecular complexity index is 526. The lowest BCUT2D eigenvalue weighted by atomic mass is 10.1. The van der Waals surface area contributed by atoms with E-state index >= 15 is 0 Å². The van der Waals surface area contributed by atoms with E-state index in [1.807, 2.05) is 19.1 Å². The van der Waals surface area contributed by atoms with Crippen LogP contribution in [0.2, 0.25) is 0 Å². The van der Waals surface area contributed by atoms with Crippen molar-refractivity contribution in [2.45, 2.75) is 46.1 Å². The molecule has 1 aliphatic heterocycles. The van der Waals surface area contributed by atoms with Gasteiger partial charge in [-0.25, -0.2) is 0 Å². The second kappa shape index (κ2) is 7.25. The number of likely N-dealkylation sites (tertiary alicyclic amines) is 1. The number of hydrogen-bond donors (Lipinski definition) is 1. The Kier molecular flexibility index (Phi) is 5.37. The predicted molar refractivity (Wildman–Crippen MR) is 82.8 cm³/mol. The van der Waals surface area contributed by atoms with Crippen LogP contribution in [0.3, 0.4) is 0 Å². The average molecular weight is 288 g/mol. The van der Waals surface area contributed by atoms with Crippen molar-refractivity contribution in [3.8, 4) is 0 Å². The second-order valence-electron chi connectivity index (χ2n) is 5.83. The smallest absolute Gasteiger partial charge is 0.239 e. The van der Waals surface area contributed by atoms with Crippen LogP contribution in [0.1, 0.15) is 42.4 Å². The molecule has 21 heavy (non-hydrogen) atoms. The summed E-state index contributed by atoms with van der Waals surface area (Å²) < 4.78 is 0. The Morgan fingerprint density at radius 3 is 2.81 bits per heavy atom. The van der Waals surface area contributed by atoms with E-state index < -0.39 is 0 Å². The molecule has 1 saturated heterocycles. The fourth-order valence-electron chi connectivity index (χ4n) is 2.67. The van der Waals surface area contributed by atoms with Gasteiger partial charge in [0.2, 0.25) is 11.8 Å². The van der Waals surface area contributed by atoms with Gasteiger partial charge in [0, 0.05) is 19.5 Å². The lowest BCUT2D eigenvalue weighted by Gasteiger charge is -2.20. The van der Waals surface area contributed by atoms with Crippen molar-refractivity contribution in [1.82, 2.24) is 10.2 Å². The zero-order valence-electron chi connectivity index (χ0n) is 12.9. The molecular formula is C17H24N2O2. The van der Waals surface area contributed by atoms with Gasteiger partial charge < -0.3 is 10.2 Å². The number of carbonyl (C=O) groups excluding carboxylic acids is 2. The summed E-state index contributed by atoms with van der Waals surface area (Å²) in [6.45, 7) is 5.51. The first kappa shape index (κ1) is 15.5. The Hall–Kier alpha value is -1.84. The normalized spacial score (nSPS) is 15.7. The highest BCUT2D eigenvalue weighted by Crippen LogP contribution is 2.12. The number of carbonyl (C=O) groups is 2. The molecule has 0 saturated carbocycles. The van der Waals surface area contributed by atoms with Crippen LogP contribution < -0.4 is 5.32 Å². The van der Waals surface area contributed by atoms with E-state index in [0.29, 0.717) is 19.5 Å². The number of aryl methyl sites for hydroxylation is 2. The van der Waals surface area contributed by atoms with Crippen LogP contribution in [0.15, 0.2) is 18.2 Å². The third-order valence-corrected chi connectivity index (χ3v) is 3.98. The Balaban J connectivity index is 1.85. The highest BCUT2D eigenvalue weighted by atomic mass is 16.2. The largest absolute Gasteiger partial charge is 0.350 e. The molecule has 0 aromatic heterocycles. The topological polar surface area (TPSA) is 49.4 Å². The summed E-state index contributed by atoms with van der Waals surface area (Å²) in [5, 5.41) is 2.91. The van der Waals surface area contributed by atoms with Crippen LogP contribution in [0.4, 0.5) is 0 Å². The van der Waals surface area contributed by atoms with Crippen LogP contribution in [-0.2, 0) is 16.1 Å². The summed E-state index contributed by atoms with van der Waals surface area (Å²) in [6.07, 6.45) is 3.59. The lowest BCUT2D eigenvalue weighted by molar-refractivity contribution is -0.135. The maximum Gasteiger partial charge on any atom is 0.239 e. The van der Waals surface area contributed by atoms with Gasteiger partial charge in [-0.05, 0) is 37.8 Å². The maximum atomic E-state index is 12.0. The zero-order valence-corrected chi connectivity index (χ0v) is 12.9. The predicted octanol–water partition coefficient (Wildman–Crippen LogP) is 2.32. The Labute approximate surface area is 126 Å². The summed E-state index contributed by atoms with van der Waals surface area (Å²) >= 11 is 0. The summed E-state index contributed by atoms with van der Waals surface area (Å²) in [5.74, 6) is 0.0272. The molecular weight excluding hydrogens is 264 g/mol. The lowest BCUT2D eigenvalue weighted by Crippen LogP contribution is -2.40. The van der Waals surface area contributed by atoms with Crippen LogP contribution in [0.25, 0.3) is 0 Å². The minimum absolute atomic E-state index is 0.0785. The number of rotatable bonds is 4. The standard InChI is InChI=1S/C17H24N2O2/c1-13-7-8-15(14(2)10-13)11-18-16(20)12-19-9-5-3-4-6-17(19)21/h7-8,10H,3-6,9,11-12H2,1-2H3,(H,18,20). The van der Waals surface area contributed by atoms with Gasteiger partial charge in [0.25, 0.3) is 0 Å².